The smallest absolute Gasteiger partial charge is 0.163 e. The van der Waals surface area contributed by atoms with Crippen LogP contribution < -0.4 is 0 Å². The molecule has 0 spiro atoms. The van der Waals surface area contributed by atoms with Gasteiger partial charge in [-0.1, -0.05) is 43.3 Å². The van der Waals surface area contributed by atoms with Gasteiger partial charge < -0.3 is 29.7 Å². The van der Waals surface area contributed by atoms with E-state index in [0.29, 0.717) is 6.42 Å². The molecule has 0 saturated carbocycles. The van der Waals surface area contributed by atoms with Crippen LogP contribution in [-0.2, 0) is 17.6 Å². The quantitative estimate of drug-likeness (QED) is 0.516. The molecule has 1 aliphatic rings. The number of hydrogen-bond donors (Lipinski definition) is 4. The minimum atomic E-state index is -1.41. The van der Waals surface area contributed by atoms with Crippen LogP contribution in [0.2, 0.25) is 0 Å². The molecule has 6 heteroatoms. The molecule has 30 heavy (non-hydrogen) atoms. The summed E-state index contributed by atoms with van der Waals surface area (Å²) in [6.45, 7) is 3.68. The monoisotopic (exact) mass is 411 g/mol. The van der Waals surface area contributed by atoms with Crippen molar-refractivity contribution in [2.45, 2.75) is 57.3 Å². The van der Waals surface area contributed by atoms with E-state index in [9.17, 15) is 20.4 Å². The Kier molecular flexibility index (Phi) is 5.95. The number of aryl methyl sites for hydroxylation is 2. The zero-order valence-corrected chi connectivity index (χ0v) is 17.3. The van der Waals surface area contributed by atoms with E-state index < -0.39 is 37.3 Å². The fourth-order valence-corrected chi connectivity index (χ4v) is 4.21. The highest BCUT2D eigenvalue weighted by Gasteiger charge is 2.44. The Morgan fingerprint density at radius 2 is 1.63 bits per heavy atom. The number of ether oxygens (including phenoxy) is 1. The first-order valence-corrected chi connectivity index (χ1v) is 10.4. The highest BCUT2D eigenvalue weighted by molar-refractivity contribution is 5.85. The third kappa shape index (κ3) is 3.77. The van der Waals surface area contributed by atoms with E-state index in [0.717, 1.165) is 28.5 Å². The van der Waals surface area contributed by atoms with Crippen LogP contribution in [0.15, 0.2) is 48.7 Å². The number of benzene rings is 2. The first-order valence-electron chi connectivity index (χ1n) is 10.4. The van der Waals surface area contributed by atoms with Crippen molar-refractivity contribution in [3.05, 3.63) is 70.9 Å². The van der Waals surface area contributed by atoms with Crippen molar-refractivity contribution in [2.24, 2.45) is 0 Å². The van der Waals surface area contributed by atoms with Crippen LogP contribution in [0.3, 0.4) is 0 Å². The van der Waals surface area contributed by atoms with Gasteiger partial charge >= 0.3 is 0 Å². The van der Waals surface area contributed by atoms with Gasteiger partial charge in [0.2, 0.25) is 0 Å². The molecule has 3 aromatic rings. The molecule has 2 heterocycles. The van der Waals surface area contributed by atoms with Crippen molar-refractivity contribution in [1.29, 1.82) is 0 Å². The molecule has 0 unspecified atom stereocenters. The lowest BCUT2D eigenvalue weighted by molar-refractivity contribution is -0.250. The van der Waals surface area contributed by atoms with Gasteiger partial charge in [0.1, 0.15) is 24.4 Å². The Bertz CT molecular complexity index is 1010. The Morgan fingerprint density at radius 1 is 0.933 bits per heavy atom. The van der Waals surface area contributed by atoms with E-state index in [2.05, 4.69) is 37.3 Å². The van der Waals surface area contributed by atoms with Crippen LogP contribution in [0, 0.1) is 6.92 Å². The highest BCUT2D eigenvalue weighted by Crippen LogP contribution is 2.34. The summed E-state index contributed by atoms with van der Waals surface area (Å²) in [6.07, 6.45) is -2.32. The molecule has 160 valence electrons. The van der Waals surface area contributed by atoms with Crippen molar-refractivity contribution in [2.75, 3.05) is 6.61 Å². The van der Waals surface area contributed by atoms with Gasteiger partial charge in [-0.2, -0.15) is 0 Å². The molecule has 2 aromatic carbocycles. The minimum Gasteiger partial charge on any atom is -0.394 e. The third-order valence-corrected chi connectivity index (χ3v) is 6.04. The summed E-state index contributed by atoms with van der Waals surface area (Å²) < 4.78 is 7.62. The molecule has 4 rings (SSSR count). The lowest BCUT2D eigenvalue weighted by Crippen LogP contribution is -2.56. The first kappa shape index (κ1) is 21.0. The second-order valence-electron chi connectivity index (χ2n) is 8.15. The average Bonchev–Trinajstić information content (AvgIpc) is 3.10. The summed E-state index contributed by atoms with van der Waals surface area (Å²) in [6, 6.07) is 14.6. The molecule has 0 aliphatic carbocycles. The molecule has 0 bridgehead atoms. The van der Waals surface area contributed by atoms with Crippen LogP contribution in [-0.4, -0.2) is 56.0 Å². The Labute approximate surface area is 176 Å². The first-order chi connectivity index (χ1) is 14.4. The van der Waals surface area contributed by atoms with Gasteiger partial charge in [0.25, 0.3) is 0 Å². The van der Waals surface area contributed by atoms with E-state index in [1.165, 1.54) is 11.1 Å². The largest absolute Gasteiger partial charge is 0.394 e. The van der Waals surface area contributed by atoms with Crippen LogP contribution >= 0.6 is 0 Å². The predicted octanol–water partition coefficient (Wildman–Crippen LogP) is 2.08. The van der Waals surface area contributed by atoms with Crippen molar-refractivity contribution in [3.8, 4) is 0 Å². The molecular formula is C24H29NO5. The molecule has 6 nitrogen and oxygen atoms in total. The van der Waals surface area contributed by atoms with Crippen molar-refractivity contribution < 1.29 is 25.2 Å². The fraction of sp³-hybridized carbons (Fsp3) is 0.417. The maximum atomic E-state index is 10.6. The van der Waals surface area contributed by atoms with Crippen LogP contribution in [0.25, 0.3) is 10.9 Å². The zero-order valence-electron chi connectivity index (χ0n) is 17.3. The summed E-state index contributed by atoms with van der Waals surface area (Å²) in [5, 5.41) is 41.6. The molecular weight excluding hydrogens is 382 g/mol. The van der Waals surface area contributed by atoms with E-state index in [1.807, 2.05) is 25.3 Å². The lowest BCUT2D eigenvalue weighted by Gasteiger charge is -2.40. The summed E-state index contributed by atoms with van der Waals surface area (Å²) in [4.78, 5) is 0. The highest BCUT2D eigenvalue weighted by atomic mass is 16.6. The summed E-state index contributed by atoms with van der Waals surface area (Å²) >= 11 is 0. The average molecular weight is 411 g/mol. The second-order valence-corrected chi connectivity index (χ2v) is 8.15. The van der Waals surface area contributed by atoms with Gasteiger partial charge in [-0.3, -0.25) is 0 Å². The third-order valence-electron chi connectivity index (χ3n) is 6.04. The molecule has 1 fully saturated rings. The van der Waals surface area contributed by atoms with Crippen LogP contribution in [0.1, 0.15) is 35.4 Å². The van der Waals surface area contributed by atoms with E-state index in [1.54, 1.807) is 4.57 Å². The fourth-order valence-electron chi connectivity index (χ4n) is 4.21. The van der Waals surface area contributed by atoms with E-state index in [4.69, 9.17) is 4.74 Å². The molecule has 0 radical (unpaired) electrons. The molecule has 4 N–H and O–H groups in total. The lowest BCUT2D eigenvalue weighted by atomic mass is 9.98. The summed E-state index contributed by atoms with van der Waals surface area (Å²) in [5.41, 5.74) is 5.48. The number of aromatic nitrogens is 1. The number of fused-ring (bicyclic) bond motifs is 1. The normalized spacial score (nSPS) is 26.9. The van der Waals surface area contributed by atoms with Gasteiger partial charge in [0.15, 0.2) is 6.23 Å². The second kappa shape index (κ2) is 8.49. The topological polar surface area (TPSA) is 95.1 Å². The number of rotatable bonds is 5. The van der Waals surface area contributed by atoms with Gasteiger partial charge in [-0.25, -0.2) is 0 Å². The molecule has 0 amide bonds. The van der Waals surface area contributed by atoms with E-state index >= 15 is 0 Å². The van der Waals surface area contributed by atoms with Crippen LogP contribution in [0.4, 0.5) is 0 Å². The Morgan fingerprint density at radius 3 is 2.30 bits per heavy atom. The maximum absolute atomic E-state index is 10.6. The molecule has 5 atom stereocenters. The van der Waals surface area contributed by atoms with Crippen molar-refractivity contribution >= 4 is 10.9 Å². The van der Waals surface area contributed by atoms with Gasteiger partial charge in [-0.15, -0.1) is 0 Å². The SMILES string of the molecule is CCc1ccc(Cc2cn([C@@H]3O[C@H](CO)[C@@H](O)[C@H](O)[C@H]3O)c3cc(C)ccc23)cc1. The Balaban J connectivity index is 1.75. The van der Waals surface area contributed by atoms with Crippen molar-refractivity contribution in [1.82, 2.24) is 4.57 Å². The predicted molar refractivity (Wildman–Crippen MR) is 114 cm³/mol. The number of aliphatic hydroxyl groups is 4. The zero-order chi connectivity index (χ0) is 21.4. The Hall–Kier alpha value is -2.22. The summed E-state index contributed by atoms with van der Waals surface area (Å²) in [7, 11) is 0. The number of aliphatic hydroxyl groups excluding tert-OH is 4. The number of nitrogens with zero attached hydrogens (tertiary/aromatic N) is 1. The summed E-state index contributed by atoms with van der Waals surface area (Å²) in [5.74, 6) is 0. The molecule has 1 aromatic heterocycles. The van der Waals surface area contributed by atoms with Gasteiger partial charge in [-0.05, 0) is 48.1 Å². The van der Waals surface area contributed by atoms with Gasteiger partial charge in [0.05, 0.1) is 12.1 Å². The van der Waals surface area contributed by atoms with Crippen molar-refractivity contribution in [3.63, 3.8) is 0 Å². The minimum absolute atomic E-state index is 0.448. The molecule has 1 saturated heterocycles. The molecule has 1 aliphatic heterocycles. The van der Waals surface area contributed by atoms with Gasteiger partial charge in [0, 0.05) is 11.6 Å². The standard InChI is InChI=1S/C24H29NO5/c1-3-15-5-7-16(8-6-15)11-17-12-25(19-10-14(2)4-9-18(17)19)24-23(29)22(28)21(27)20(13-26)30-24/h4-10,12,20-24,26-29H,3,11,13H2,1-2H3/t20-,21-,22+,23-,24-/m1/s1. The maximum Gasteiger partial charge on any atom is 0.163 e. The number of hydrogen-bond acceptors (Lipinski definition) is 5. The van der Waals surface area contributed by atoms with E-state index in [-0.39, 0.29) is 0 Å². The van der Waals surface area contributed by atoms with Crippen LogP contribution in [0.5, 0.6) is 0 Å².